The third-order valence-electron chi connectivity index (χ3n) is 3.94. The van der Waals surface area contributed by atoms with Crippen molar-refractivity contribution < 1.29 is 4.79 Å². The number of piperidine rings is 1. The third-order valence-corrected chi connectivity index (χ3v) is 3.94. The predicted molar refractivity (Wildman–Crippen MR) is 79.8 cm³/mol. The number of pyridine rings is 1. The molecule has 4 nitrogen and oxygen atoms in total. The van der Waals surface area contributed by atoms with Crippen molar-refractivity contribution in [3.8, 4) is 0 Å². The summed E-state index contributed by atoms with van der Waals surface area (Å²) >= 11 is 0. The van der Waals surface area contributed by atoms with E-state index in [1.807, 2.05) is 31.3 Å². The summed E-state index contributed by atoms with van der Waals surface area (Å²) in [5.41, 5.74) is 1.82. The zero-order valence-corrected chi connectivity index (χ0v) is 11.6. The van der Waals surface area contributed by atoms with Crippen LogP contribution < -0.4 is 10.6 Å². The smallest absolute Gasteiger partial charge is 0.253 e. The zero-order valence-electron chi connectivity index (χ0n) is 11.6. The molecule has 1 amide bonds. The van der Waals surface area contributed by atoms with Gasteiger partial charge in [-0.3, -0.25) is 9.78 Å². The number of hydrogen-bond donors (Lipinski definition) is 2. The Morgan fingerprint density at radius 3 is 2.85 bits per heavy atom. The summed E-state index contributed by atoms with van der Waals surface area (Å²) in [6, 6.07) is 6.28. The number of aryl methyl sites for hydroxylation is 1. The second kappa shape index (κ2) is 5.59. The molecule has 2 N–H and O–H groups in total. The molecular weight excluding hydrogens is 250 g/mol. The summed E-state index contributed by atoms with van der Waals surface area (Å²) in [4.78, 5) is 16.7. The van der Waals surface area contributed by atoms with E-state index in [1.165, 1.54) is 0 Å². The van der Waals surface area contributed by atoms with Gasteiger partial charge in [0.1, 0.15) is 0 Å². The molecule has 0 spiro atoms. The summed E-state index contributed by atoms with van der Waals surface area (Å²) in [6.07, 6.45) is 5.47. The first-order valence-corrected chi connectivity index (χ1v) is 7.10. The fourth-order valence-electron chi connectivity index (χ4n) is 2.75. The SMILES string of the molecule is Cc1cccc2c(C(=O)NC3CCNCC3)cncc12. The zero-order chi connectivity index (χ0) is 13.9. The van der Waals surface area contributed by atoms with E-state index in [0.29, 0.717) is 5.56 Å². The first-order valence-electron chi connectivity index (χ1n) is 7.10. The highest BCUT2D eigenvalue weighted by Crippen LogP contribution is 2.21. The van der Waals surface area contributed by atoms with Gasteiger partial charge in [0, 0.05) is 23.8 Å². The quantitative estimate of drug-likeness (QED) is 0.877. The minimum Gasteiger partial charge on any atom is -0.349 e. The van der Waals surface area contributed by atoms with E-state index in [1.54, 1.807) is 6.20 Å². The number of hydrogen-bond acceptors (Lipinski definition) is 3. The van der Waals surface area contributed by atoms with Crippen LogP contribution in [0.1, 0.15) is 28.8 Å². The maximum atomic E-state index is 12.5. The summed E-state index contributed by atoms with van der Waals surface area (Å²) in [5.74, 6) is -0.0133. The molecule has 1 aromatic carbocycles. The molecule has 0 radical (unpaired) electrons. The van der Waals surface area contributed by atoms with Crippen LogP contribution in [0.2, 0.25) is 0 Å². The highest BCUT2D eigenvalue weighted by atomic mass is 16.1. The molecule has 1 aromatic heterocycles. The number of carbonyl (C=O) groups excluding carboxylic acids is 1. The van der Waals surface area contributed by atoms with Crippen LogP contribution in [-0.4, -0.2) is 30.0 Å². The highest BCUT2D eigenvalue weighted by Gasteiger charge is 2.18. The largest absolute Gasteiger partial charge is 0.349 e. The van der Waals surface area contributed by atoms with Gasteiger partial charge in [-0.05, 0) is 43.8 Å². The maximum Gasteiger partial charge on any atom is 0.253 e. The summed E-state index contributed by atoms with van der Waals surface area (Å²) < 4.78 is 0. The van der Waals surface area contributed by atoms with E-state index in [0.717, 1.165) is 42.3 Å². The van der Waals surface area contributed by atoms with Gasteiger partial charge < -0.3 is 10.6 Å². The molecule has 2 heterocycles. The standard InChI is InChI=1S/C16H19N3O/c1-11-3-2-4-13-14(11)9-18-10-15(13)16(20)19-12-5-7-17-8-6-12/h2-4,9-10,12,17H,5-8H2,1H3,(H,19,20). The molecule has 1 aliphatic heterocycles. The van der Waals surface area contributed by atoms with Crippen molar-refractivity contribution in [1.29, 1.82) is 0 Å². The first-order chi connectivity index (χ1) is 9.75. The van der Waals surface area contributed by atoms with Gasteiger partial charge in [-0.15, -0.1) is 0 Å². The van der Waals surface area contributed by atoms with Crippen LogP contribution in [0.4, 0.5) is 0 Å². The van der Waals surface area contributed by atoms with Gasteiger partial charge in [0.25, 0.3) is 5.91 Å². The summed E-state index contributed by atoms with van der Waals surface area (Å²) in [5, 5.41) is 8.45. The first kappa shape index (κ1) is 13.1. The Labute approximate surface area is 118 Å². The fourth-order valence-corrected chi connectivity index (χ4v) is 2.75. The minimum absolute atomic E-state index is 0.0133. The third kappa shape index (κ3) is 2.51. The normalized spacial score (nSPS) is 16.2. The van der Waals surface area contributed by atoms with E-state index >= 15 is 0 Å². The van der Waals surface area contributed by atoms with Gasteiger partial charge in [-0.2, -0.15) is 0 Å². The molecule has 20 heavy (non-hydrogen) atoms. The number of rotatable bonds is 2. The van der Waals surface area contributed by atoms with Crippen LogP contribution in [0.25, 0.3) is 10.8 Å². The number of carbonyl (C=O) groups is 1. The molecular formula is C16H19N3O. The number of nitrogens with zero attached hydrogens (tertiary/aromatic N) is 1. The predicted octanol–water partition coefficient (Wildman–Crippen LogP) is 2.03. The second-order valence-electron chi connectivity index (χ2n) is 5.35. The second-order valence-corrected chi connectivity index (χ2v) is 5.35. The van der Waals surface area contributed by atoms with Crippen LogP contribution in [-0.2, 0) is 0 Å². The monoisotopic (exact) mass is 269 g/mol. The van der Waals surface area contributed by atoms with Crippen molar-refractivity contribution in [2.75, 3.05) is 13.1 Å². The number of fused-ring (bicyclic) bond motifs is 1. The van der Waals surface area contributed by atoms with Crippen LogP contribution in [0.5, 0.6) is 0 Å². The minimum atomic E-state index is -0.0133. The lowest BCUT2D eigenvalue weighted by atomic mass is 10.0. The Balaban J connectivity index is 1.89. The molecule has 4 heteroatoms. The van der Waals surface area contributed by atoms with Crippen molar-refractivity contribution in [3.63, 3.8) is 0 Å². The van der Waals surface area contributed by atoms with Gasteiger partial charge in [0.05, 0.1) is 5.56 Å². The van der Waals surface area contributed by atoms with E-state index in [9.17, 15) is 4.79 Å². The van der Waals surface area contributed by atoms with Gasteiger partial charge in [-0.1, -0.05) is 18.2 Å². The van der Waals surface area contributed by atoms with E-state index in [2.05, 4.69) is 15.6 Å². The molecule has 1 aliphatic rings. The molecule has 0 bridgehead atoms. The van der Waals surface area contributed by atoms with Crippen LogP contribution in [0.3, 0.4) is 0 Å². The average molecular weight is 269 g/mol. The Morgan fingerprint density at radius 2 is 2.05 bits per heavy atom. The number of amides is 1. The average Bonchev–Trinajstić information content (AvgIpc) is 2.48. The van der Waals surface area contributed by atoms with Crippen LogP contribution in [0.15, 0.2) is 30.6 Å². The molecule has 0 saturated carbocycles. The van der Waals surface area contributed by atoms with Crippen molar-refractivity contribution >= 4 is 16.7 Å². The molecule has 1 saturated heterocycles. The molecule has 0 unspecified atom stereocenters. The molecule has 1 fully saturated rings. The van der Waals surface area contributed by atoms with Crippen LogP contribution in [0, 0.1) is 6.92 Å². The van der Waals surface area contributed by atoms with Crippen molar-refractivity contribution in [2.24, 2.45) is 0 Å². The Morgan fingerprint density at radius 1 is 1.25 bits per heavy atom. The van der Waals surface area contributed by atoms with Gasteiger partial charge >= 0.3 is 0 Å². The van der Waals surface area contributed by atoms with Crippen molar-refractivity contribution in [1.82, 2.24) is 15.6 Å². The lowest BCUT2D eigenvalue weighted by molar-refractivity contribution is 0.0931. The summed E-state index contributed by atoms with van der Waals surface area (Å²) in [7, 11) is 0. The number of benzene rings is 1. The molecule has 104 valence electrons. The Bertz CT molecular complexity index is 633. The van der Waals surface area contributed by atoms with Gasteiger partial charge in [0.15, 0.2) is 0 Å². The molecule has 2 aromatic rings. The van der Waals surface area contributed by atoms with Crippen molar-refractivity contribution in [3.05, 3.63) is 41.7 Å². The van der Waals surface area contributed by atoms with Gasteiger partial charge in [0.2, 0.25) is 0 Å². The topological polar surface area (TPSA) is 54.0 Å². The van der Waals surface area contributed by atoms with Crippen LogP contribution >= 0.6 is 0 Å². The fraction of sp³-hybridized carbons (Fsp3) is 0.375. The van der Waals surface area contributed by atoms with E-state index in [-0.39, 0.29) is 11.9 Å². The molecule has 0 atom stereocenters. The van der Waals surface area contributed by atoms with E-state index < -0.39 is 0 Å². The Kier molecular flexibility index (Phi) is 3.65. The number of aromatic nitrogens is 1. The number of nitrogens with one attached hydrogen (secondary N) is 2. The molecule has 3 rings (SSSR count). The Hall–Kier alpha value is -1.94. The van der Waals surface area contributed by atoms with E-state index in [4.69, 9.17) is 0 Å². The maximum absolute atomic E-state index is 12.5. The van der Waals surface area contributed by atoms with Crippen molar-refractivity contribution in [2.45, 2.75) is 25.8 Å². The lowest BCUT2D eigenvalue weighted by Crippen LogP contribution is -2.42. The highest BCUT2D eigenvalue weighted by molar-refractivity contribution is 6.07. The molecule has 0 aliphatic carbocycles. The summed E-state index contributed by atoms with van der Waals surface area (Å²) in [6.45, 7) is 3.98. The van der Waals surface area contributed by atoms with Gasteiger partial charge in [-0.25, -0.2) is 0 Å². The lowest BCUT2D eigenvalue weighted by Gasteiger charge is -2.23.